The van der Waals surface area contributed by atoms with Gasteiger partial charge in [0.1, 0.15) is 5.82 Å². The van der Waals surface area contributed by atoms with Crippen LogP contribution in [0.1, 0.15) is 21.7 Å². The minimum atomic E-state index is -0.331. The lowest BCUT2D eigenvalue weighted by Gasteiger charge is -2.08. The Kier molecular flexibility index (Phi) is 5.91. The maximum Gasteiger partial charge on any atom is 0.261 e. The molecule has 4 aromatic rings. The first-order valence-electron chi connectivity index (χ1n) is 9.72. The van der Waals surface area contributed by atoms with Gasteiger partial charge in [-0.05, 0) is 56.3 Å². The third-order valence-corrected chi connectivity index (χ3v) is 5.75. The van der Waals surface area contributed by atoms with Crippen LogP contribution in [0.2, 0.25) is 0 Å². The number of aromatic nitrogens is 3. The summed E-state index contributed by atoms with van der Waals surface area (Å²) in [5, 5.41) is 9.63. The molecule has 0 saturated heterocycles. The number of hydrogen-bond acceptors (Lipinski definition) is 6. The van der Waals surface area contributed by atoms with Gasteiger partial charge >= 0.3 is 0 Å². The lowest BCUT2D eigenvalue weighted by atomic mass is 10.1. The zero-order valence-corrected chi connectivity index (χ0v) is 18.8. The lowest BCUT2D eigenvalue weighted by molar-refractivity contribution is 0.102. The molecular weight excluding hydrogens is 431 g/mol. The third kappa shape index (κ3) is 4.06. The van der Waals surface area contributed by atoms with Crippen LogP contribution in [-0.2, 0) is 0 Å². The van der Waals surface area contributed by atoms with E-state index in [4.69, 9.17) is 9.47 Å². The van der Waals surface area contributed by atoms with Gasteiger partial charge in [-0.25, -0.2) is 14.1 Å². The minimum absolute atomic E-state index is 0.304. The van der Waals surface area contributed by atoms with E-state index >= 15 is 0 Å². The molecule has 0 fully saturated rings. The second-order valence-electron chi connectivity index (χ2n) is 7.00. The SMILES string of the molecule is COc1ccc(-c2csc(NC(=O)c3c(C)nn(-c4ccc(F)cc4)c3C)n2)cc1OC. The van der Waals surface area contributed by atoms with Crippen molar-refractivity contribution in [3.05, 3.63) is 70.6 Å². The monoisotopic (exact) mass is 452 g/mol. The summed E-state index contributed by atoms with van der Waals surface area (Å²) in [5.41, 5.74) is 3.91. The molecule has 1 amide bonds. The first kappa shape index (κ1) is 21.5. The Labute approximate surface area is 188 Å². The zero-order chi connectivity index (χ0) is 22.8. The van der Waals surface area contributed by atoms with Crippen molar-refractivity contribution in [1.29, 1.82) is 0 Å². The van der Waals surface area contributed by atoms with Gasteiger partial charge in [-0.1, -0.05) is 0 Å². The summed E-state index contributed by atoms with van der Waals surface area (Å²) in [4.78, 5) is 17.5. The van der Waals surface area contributed by atoms with E-state index in [0.717, 1.165) is 5.56 Å². The Morgan fingerprint density at radius 3 is 2.47 bits per heavy atom. The van der Waals surface area contributed by atoms with Crippen LogP contribution in [0.3, 0.4) is 0 Å². The summed E-state index contributed by atoms with van der Waals surface area (Å²) in [5.74, 6) is 0.594. The molecule has 0 atom stereocenters. The van der Waals surface area contributed by atoms with Gasteiger partial charge < -0.3 is 9.47 Å². The summed E-state index contributed by atoms with van der Waals surface area (Å²) in [6, 6.07) is 11.5. The Morgan fingerprint density at radius 2 is 1.78 bits per heavy atom. The van der Waals surface area contributed by atoms with Crippen molar-refractivity contribution in [2.75, 3.05) is 19.5 Å². The summed E-state index contributed by atoms with van der Waals surface area (Å²) in [6.07, 6.45) is 0. The van der Waals surface area contributed by atoms with Crippen molar-refractivity contribution in [2.24, 2.45) is 0 Å². The van der Waals surface area contributed by atoms with Crippen molar-refractivity contribution in [2.45, 2.75) is 13.8 Å². The summed E-state index contributed by atoms with van der Waals surface area (Å²) in [6.45, 7) is 3.56. The highest BCUT2D eigenvalue weighted by molar-refractivity contribution is 7.14. The Morgan fingerprint density at radius 1 is 1.06 bits per heavy atom. The number of halogens is 1. The third-order valence-electron chi connectivity index (χ3n) is 4.99. The molecular formula is C23H21FN4O3S. The highest BCUT2D eigenvalue weighted by Crippen LogP contribution is 2.33. The molecule has 1 N–H and O–H groups in total. The van der Waals surface area contributed by atoms with Crippen LogP contribution >= 0.6 is 11.3 Å². The van der Waals surface area contributed by atoms with Crippen LogP contribution in [0.25, 0.3) is 16.9 Å². The standard InChI is InChI=1S/C23H21FN4O3S/c1-13-21(14(2)28(27-13)17-8-6-16(24)7-9-17)22(29)26-23-25-18(12-32-23)15-5-10-19(30-3)20(11-15)31-4/h5-12H,1-4H3,(H,25,26,29). The van der Waals surface area contributed by atoms with E-state index in [1.54, 1.807) is 44.9 Å². The number of amides is 1. The number of hydrogen-bond donors (Lipinski definition) is 1. The predicted molar refractivity (Wildman–Crippen MR) is 122 cm³/mol. The molecule has 0 aliphatic heterocycles. The average Bonchev–Trinajstić information content (AvgIpc) is 3.37. The van der Waals surface area contributed by atoms with Crippen molar-refractivity contribution in [3.63, 3.8) is 0 Å². The molecule has 0 unspecified atom stereocenters. The molecule has 7 nitrogen and oxygen atoms in total. The minimum Gasteiger partial charge on any atom is -0.493 e. The molecule has 0 bridgehead atoms. The molecule has 0 aliphatic rings. The second-order valence-corrected chi connectivity index (χ2v) is 7.85. The Balaban J connectivity index is 1.57. The molecule has 2 heterocycles. The van der Waals surface area contributed by atoms with Crippen molar-refractivity contribution in [1.82, 2.24) is 14.8 Å². The Hall–Kier alpha value is -3.72. The molecule has 9 heteroatoms. The fraction of sp³-hybridized carbons (Fsp3) is 0.174. The highest BCUT2D eigenvalue weighted by Gasteiger charge is 2.21. The van der Waals surface area contributed by atoms with Gasteiger partial charge in [-0.15, -0.1) is 11.3 Å². The number of carbonyl (C=O) groups is 1. The van der Waals surface area contributed by atoms with E-state index < -0.39 is 0 Å². The van der Waals surface area contributed by atoms with E-state index in [-0.39, 0.29) is 11.7 Å². The van der Waals surface area contributed by atoms with Crippen LogP contribution < -0.4 is 14.8 Å². The van der Waals surface area contributed by atoms with Gasteiger partial charge in [0.05, 0.1) is 42.6 Å². The van der Waals surface area contributed by atoms with Crippen LogP contribution in [0, 0.1) is 19.7 Å². The molecule has 0 radical (unpaired) electrons. The first-order valence-corrected chi connectivity index (χ1v) is 10.6. The first-order chi connectivity index (χ1) is 15.4. The number of nitrogens with one attached hydrogen (secondary N) is 1. The number of thiazole rings is 1. The molecule has 164 valence electrons. The number of methoxy groups -OCH3 is 2. The van der Waals surface area contributed by atoms with E-state index in [0.29, 0.717) is 45.0 Å². The van der Waals surface area contributed by atoms with Crippen LogP contribution in [-0.4, -0.2) is 34.9 Å². The molecule has 2 aromatic heterocycles. The van der Waals surface area contributed by atoms with Crippen LogP contribution in [0.4, 0.5) is 9.52 Å². The molecule has 4 rings (SSSR count). The normalized spacial score (nSPS) is 10.8. The van der Waals surface area contributed by atoms with E-state index in [9.17, 15) is 9.18 Å². The Bertz CT molecular complexity index is 1280. The smallest absolute Gasteiger partial charge is 0.261 e. The van der Waals surface area contributed by atoms with Gasteiger partial charge in [-0.2, -0.15) is 5.10 Å². The maximum absolute atomic E-state index is 13.3. The van der Waals surface area contributed by atoms with Crippen molar-refractivity contribution >= 4 is 22.4 Å². The van der Waals surface area contributed by atoms with E-state index in [2.05, 4.69) is 15.4 Å². The lowest BCUT2D eigenvalue weighted by Crippen LogP contribution is -2.14. The van der Waals surface area contributed by atoms with E-state index in [1.165, 1.54) is 23.5 Å². The molecule has 32 heavy (non-hydrogen) atoms. The highest BCUT2D eigenvalue weighted by atomic mass is 32.1. The topological polar surface area (TPSA) is 78.3 Å². The zero-order valence-electron chi connectivity index (χ0n) is 18.0. The number of anilines is 1. The van der Waals surface area contributed by atoms with Crippen LogP contribution in [0.15, 0.2) is 47.8 Å². The van der Waals surface area contributed by atoms with Gasteiger partial charge in [0.15, 0.2) is 16.6 Å². The van der Waals surface area contributed by atoms with Crippen LogP contribution in [0.5, 0.6) is 11.5 Å². The number of benzene rings is 2. The summed E-state index contributed by atoms with van der Waals surface area (Å²) < 4.78 is 25.5. The number of carbonyl (C=O) groups excluding carboxylic acids is 1. The fourth-order valence-corrected chi connectivity index (χ4v) is 4.14. The fourth-order valence-electron chi connectivity index (χ4n) is 3.42. The summed E-state index contributed by atoms with van der Waals surface area (Å²) in [7, 11) is 3.15. The number of aryl methyl sites for hydroxylation is 1. The number of ether oxygens (including phenoxy) is 2. The summed E-state index contributed by atoms with van der Waals surface area (Å²) >= 11 is 1.32. The van der Waals surface area contributed by atoms with Gasteiger partial charge in [0, 0.05) is 10.9 Å². The molecule has 2 aromatic carbocycles. The molecule has 0 spiro atoms. The average molecular weight is 453 g/mol. The number of nitrogens with zero attached hydrogens (tertiary/aromatic N) is 3. The predicted octanol–water partition coefficient (Wildman–Crippen LogP) is 5.02. The van der Waals surface area contributed by atoms with Crippen molar-refractivity contribution < 1.29 is 18.7 Å². The maximum atomic E-state index is 13.3. The second kappa shape index (κ2) is 8.80. The molecule has 0 aliphatic carbocycles. The molecule has 0 saturated carbocycles. The number of rotatable bonds is 6. The largest absolute Gasteiger partial charge is 0.493 e. The van der Waals surface area contributed by atoms with Gasteiger partial charge in [-0.3, -0.25) is 10.1 Å². The van der Waals surface area contributed by atoms with E-state index in [1.807, 2.05) is 23.6 Å². The van der Waals surface area contributed by atoms with Crippen molar-refractivity contribution in [3.8, 4) is 28.4 Å². The van der Waals surface area contributed by atoms with Gasteiger partial charge in [0.2, 0.25) is 0 Å². The van der Waals surface area contributed by atoms with Gasteiger partial charge in [0.25, 0.3) is 5.91 Å². The quantitative estimate of drug-likeness (QED) is 0.444.